The molecule has 1 saturated heterocycles. The third-order valence-electron chi connectivity index (χ3n) is 4.86. The largest absolute Gasteiger partial charge is 0.497 e. The predicted molar refractivity (Wildman–Crippen MR) is 111 cm³/mol. The second kappa shape index (κ2) is 9.11. The molecule has 9 nitrogen and oxygen atoms in total. The lowest BCUT2D eigenvalue weighted by Crippen LogP contribution is -2.54. The number of benzene rings is 1. The van der Waals surface area contributed by atoms with E-state index in [1.54, 1.807) is 35.4 Å². The Morgan fingerprint density at radius 1 is 1.20 bits per heavy atom. The molecule has 2 aromatic rings. The van der Waals surface area contributed by atoms with Gasteiger partial charge >= 0.3 is 0 Å². The molecule has 30 heavy (non-hydrogen) atoms. The number of nitrogens with zero attached hydrogens (tertiary/aromatic N) is 4. The summed E-state index contributed by atoms with van der Waals surface area (Å²) in [6, 6.07) is 10.5. The molecule has 1 aliphatic heterocycles. The predicted octanol–water partition coefficient (Wildman–Crippen LogP) is 0.977. The fraction of sp³-hybridized carbons (Fsp3) is 0.350. The van der Waals surface area contributed by atoms with Gasteiger partial charge in [-0.2, -0.15) is 9.98 Å². The molecule has 1 aromatic heterocycles. The van der Waals surface area contributed by atoms with Crippen LogP contribution in [0.5, 0.6) is 5.75 Å². The zero-order chi connectivity index (χ0) is 21.7. The van der Waals surface area contributed by atoms with Gasteiger partial charge in [-0.1, -0.05) is 0 Å². The first kappa shape index (κ1) is 21.5. The lowest BCUT2D eigenvalue weighted by Gasteiger charge is -2.36. The summed E-state index contributed by atoms with van der Waals surface area (Å²) in [4.78, 5) is 20.7. The van der Waals surface area contributed by atoms with Crippen molar-refractivity contribution in [3.05, 3.63) is 48.2 Å². The van der Waals surface area contributed by atoms with Crippen LogP contribution in [-0.4, -0.2) is 63.5 Å². The van der Waals surface area contributed by atoms with Gasteiger partial charge in [0.2, 0.25) is 15.9 Å². The molecule has 1 aliphatic rings. The number of anilines is 1. The molecule has 1 N–H and O–H groups in total. The standard InChI is InChI=1S/C20H23N5O4S/c1-15(23-30(27,28)18-5-3-17(29-2)4-6-18)20(26)25-11-9-24(10-12-25)19-13-16(14-21)7-8-22-19/h3-8,13,15,23H,9-12H2,1-2H3/t15-/m0/s1. The summed E-state index contributed by atoms with van der Waals surface area (Å²) in [5, 5.41) is 9.03. The van der Waals surface area contributed by atoms with Crippen molar-refractivity contribution in [2.45, 2.75) is 17.9 Å². The lowest BCUT2D eigenvalue weighted by atomic mass is 10.2. The molecule has 0 aliphatic carbocycles. The average Bonchev–Trinajstić information content (AvgIpc) is 2.78. The summed E-state index contributed by atoms with van der Waals surface area (Å²) in [5.74, 6) is 0.950. The maximum atomic E-state index is 12.8. The Morgan fingerprint density at radius 3 is 2.47 bits per heavy atom. The minimum absolute atomic E-state index is 0.0659. The number of carbonyl (C=O) groups is 1. The highest BCUT2D eigenvalue weighted by Gasteiger charge is 2.28. The van der Waals surface area contributed by atoms with Gasteiger partial charge in [-0.25, -0.2) is 13.4 Å². The van der Waals surface area contributed by atoms with Gasteiger partial charge in [0.15, 0.2) is 0 Å². The van der Waals surface area contributed by atoms with E-state index in [1.807, 2.05) is 4.90 Å². The lowest BCUT2D eigenvalue weighted by molar-refractivity contribution is -0.132. The number of ether oxygens (including phenoxy) is 1. The second-order valence-corrected chi connectivity index (χ2v) is 8.56. The van der Waals surface area contributed by atoms with Crippen molar-refractivity contribution < 1.29 is 17.9 Å². The van der Waals surface area contributed by atoms with E-state index in [9.17, 15) is 13.2 Å². The molecule has 1 atom stereocenters. The van der Waals surface area contributed by atoms with Crippen molar-refractivity contribution in [2.75, 3.05) is 38.2 Å². The van der Waals surface area contributed by atoms with Crippen LogP contribution in [0, 0.1) is 11.3 Å². The number of rotatable bonds is 6. The zero-order valence-electron chi connectivity index (χ0n) is 16.8. The number of amides is 1. The Kier molecular flexibility index (Phi) is 6.54. The van der Waals surface area contributed by atoms with Crippen LogP contribution in [0.25, 0.3) is 0 Å². The monoisotopic (exact) mass is 429 g/mol. The SMILES string of the molecule is COc1ccc(S(=O)(=O)N[C@@H](C)C(=O)N2CCN(c3cc(C#N)ccn3)CC2)cc1. The molecule has 0 spiro atoms. The van der Waals surface area contributed by atoms with Crippen LogP contribution < -0.4 is 14.4 Å². The van der Waals surface area contributed by atoms with E-state index in [1.165, 1.54) is 26.2 Å². The van der Waals surface area contributed by atoms with Crippen molar-refractivity contribution >= 4 is 21.7 Å². The highest BCUT2D eigenvalue weighted by molar-refractivity contribution is 7.89. The molecule has 0 unspecified atom stereocenters. The second-order valence-electron chi connectivity index (χ2n) is 6.85. The number of sulfonamides is 1. The average molecular weight is 430 g/mol. The van der Waals surface area contributed by atoms with Crippen LogP contribution in [-0.2, 0) is 14.8 Å². The number of hydrogen-bond acceptors (Lipinski definition) is 7. The Morgan fingerprint density at radius 2 is 1.87 bits per heavy atom. The summed E-state index contributed by atoms with van der Waals surface area (Å²) < 4.78 is 32.6. The van der Waals surface area contributed by atoms with E-state index in [0.29, 0.717) is 43.3 Å². The van der Waals surface area contributed by atoms with Gasteiger partial charge in [0, 0.05) is 32.4 Å². The van der Waals surface area contributed by atoms with Gasteiger partial charge in [0.05, 0.1) is 29.7 Å². The van der Waals surface area contributed by atoms with Gasteiger partial charge in [0.25, 0.3) is 0 Å². The van der Waals surface area contributed by atoms with E-state index >= 15 is 0 Å². The van der Waals surface area contributed by atoms with Crippen molar-refractivity contribution in [1.29, 1.82) is 5.26 Å². The van der Waals surface area contributed by atoms with Gasteiger partial charge in [-0.05, 0) is 43.3 Å². The quantitative estimate of drug-likeness (QED) is 0.728. The highest BCUT2D eigenvalue weighted by Crippen LogP contribution is 2.17. The first-order valence-electron chi connectivity index (χ1n) is 9.40. The van der Waals surface area contributed by atoms with Gasteiger partial charge in [-0.15, -0.1) is 0 Å². The zero-order valence-corrected chi connectivity index (χ0v) is 17.6. The van der Waals surface area contributed by atoms with Gasteiger partial charge in [0.1, 0.15) is 11.6 Å². The van der Waals surface area contributed by atoms with Crippen LogP contribution in [0.3, 0.4) is 0 Å². The van der Waals surface area contributed by atoms with E-state index < -0.39 is 16.1 Å². The first-order chi connectivity index (χ1) is 14.3. The van der Waals surface area contributed by atoms with E-state index in [2.05, 4.69) is 15.8 Å². The Labute approximate surface area is 175 Å². The summed E-state index contributed by atoms with van der Waals surface area (Å²) in [5.41, 5.74) is 0.528. The van der Waals surface area contributed by atoms with Gasteiger partial charge < -0.3 is 14.5 Å². The van der Waals surface area contributed by atoms with E-state index in [0.717, 1.165) is 0 Å². The van der Waals surface area contributed by atoms with E-state index in [-0.39, 0.29) is 10.8 Å². The Balaban J connectivity index is 1.59. The van der Waals surface area contributed by atoms with Crippen LogP contribution in [0.4, 0.5) is 5.82 Å². The number of aromatic nitrogens is 1. The minimum atomic E-state index is -3.83. The number of methoxy groups -OCH3 is 1. The fourth-order valence-corrected chi connectivity index (χ4v) is 4.39. The van der Waals surface area contributed by atoms with Crippen molar-refractivity contribution in [1.82, 2.24) is 14.6 Å². The molecule has 1 fully saturated rings. The first-order valence-corrected chi connectivity index (χ1v) is 10.9. The summed E-state index contributed by atoms with van der Waals surface area (Å²) in [7, 11) is -2.34. The van der Waals surface area contributed by atoms with Crippen molar-refractivity contribution in [2.24, 2.45) is 0 Å². The molecule has 1 aromatic carbocycles. The topological polar surface area (TPSA) is 116 Å². The normalized spacial score (nSPS) is 15.4. The molecule has 1 amide bonds. The molecular formula is C20H23N5O4S. The van der Waals surface area contributed by atoms with E-state index in [4.69, 9.17) is 10.00 Å². The number of carbonyl (C=O) groups excluding carboxylic acids is 1. The third kappa shape index (κ3) is 4.87. The molecule has 158 valence electrons. The number of pyridine rings is 1. The van der Waals surface area contributed by atoms with Crippen LogP contribution in [0.2, 0.25) is 0 Å². The van der Waals surface area contributed by atoms with Crippen LogP contribution in [0.1, 0.15) is 12.5 Å². The molecule has 3 rings (SSSR count). The molecule has 0 saturated carbocycles. The third-order valence-corrected chi connectivity index (χ3v) is 6.42. The van der Waals surface area contributed by atoms with Crippen molar-refractivity contribution in [3.63, 3.8) is 0 Å². The molecule has 10 heteroatoms. The fourth-order valence-electron chi connectivity index (χ4n) is 3.20. The number of piperazine rings is 1. The number of nitriles is 1. The molecule has 2 heterocycles. The van der Waals surface area contributed by atoms with Crippen LogP contribution >= 0.6 is 0 Å². The summed E-state index contributed by atoms with van der Waals surface area (Å²) in [6.45, 7) is 3.50. The Hall–Kier alpha value is -3.16. The molecule has 0 radical (unpaired) electrons. The van der Waals surface area contributed by atoms with Crippen LogP contribution in [0.15, 0.2) is 47.5 Å². The summed E-state index contributed by atoms with van der Waals surface area (Å²) >= 11 is 0. The molecule has 0 bridgehead atoms. The number of hydrogen-bond donors (Lipinski definition) is 1. The number of nitrogens with one attached hydrogen (secondary N) is 1. The van der Waals surface area contributed by atoms with Gasteiger partial charge in [-0.3, -0.25) is 4.79 Å². The maximum absolute atomic E-state index is 12.8. The smallest absolute Gasteiger partial charge is 0.241 e. The Bertz CT molecular complexity index is 1040. The highest BCUT2D eigenvalue weighted by atomic mass is 32.2. The minimum Gasteiger partial charge on any atom is -0.497 e. The molecular weight excluding hydrogens is 406 g/mol. The summed E-state index contributed by atoms with van der Waals surface area (Å²) in [6.07, 6.45) is 1.58. The maximum Gasteiger partial charge on any atom is 0.241 e. The van der Waals surface area contributed by atoms with Crippen molar-refractivity contribution in [3.8, 4) is 11.8 Å².